The number of aliphatic hydroxyl groups is 1. The zero-order chi connectivity index (χ0) is 14.0. The van der Waals surface area contributed by atoms with E-state index < -0.39 is 17.2 Å². The maximum atomic E-state index is 13.6. The number of benzene rings is 2. The number of aryl methyl sites for hydroxylation is 1. The largest absolute Gasteiger partial charge is 0.385 e. The molecule has 0 heterocycles. The van der Waals surface area contributed by atoms with Crippen molar-refractivity contribution in [2.24, 2.45) is 0 Å². The summed E-state index contributed by atoms with van der Waals surface area (Å²) in [5.41, 5.74) is 0.640. The molecule has 0 radical (unpaired) electrons. The quantitative estimate of drug-likeness (QED) is 0.893. The SMILES string of the molecule is Cc1cccc(C(C)(O)Cc2cc(F)ccc2F)c1. The van der Waals surface area contributed by atoms with Crippen molar-refractivity contribution in [1.29, 1.82) is 0 Å². The van der Waals surface area contributed by atoms with Gasteiger partial charge in [-0.1, -0.05) is 29.8 Å². The lowest BCUT2D eigenvalue weighted by Gasteiger charge is -2.24. The molecule has 0 aromatic heterocycles. The van der Waals surface area contributed by atoms with Crippen LogP contribution in [-0.4, -0.2) is 5.11 Å². The van der Waals surface area contributed by atoms with E-state index >= 15 is 0 Å². The molecule has 1 N–H and O–H groups in total. The van der Waals surface area contributed by atoms with Crippen LogP contribution in [0.4, 0.5) is 8.78 Å². The van der Waals surface area contributed by atoms with Gasteiger partial charge in [0, 0.05) is 6.42 Å². The van der Waals surface area contributed by atoms with Crippen LogP contribution < -0.4 is 0 Å². The lowest BCUT2D eigenvalue weighted by atomic mass is 9.88. The second-order valence-corrected chi connectivity index (χ2v) is 5.06. The van der Waals surface area contributed by atoms with Crippen molar-refractivity contribution >= 4 is 0 Å². The third-order valence-corrected chi connectivity index (χ3v) is 3.18. The molecule has 0 spiro atoms. The van der Waals surface area contributed by atoms with Crippen LogP contribution in [-0.2, 0) is 12.0 Å². The lowest BCUT2D eigenvalue weighted by molar-refractivity contribution is 0.0566. The van der Waals surface area contributed by atoms with Gasteiger partial charge in [-0.2, -0.15) is 0 Å². The topological polar surface area (TPSA) is 20.2 Å². The van der Waals surface area contributed by atoms with E-state index in [-0.39, 0.29) is 12.0 Å². The standard InChI is InChI=1S/C16H16F2O/c1-11-4-3-5-13(8-11)16(2,19)10-12-9-14(17)6-7-15(12)18/h3-9,19H,10H2,1-2H3. The smallest absolute Gasteiger partial charge is 0.126 e. The fourth-order valence-electron chi connectivity index (χ4n) is 2.13. The van der Waals surface area contributed by atoms with E-state index in [1.807, 2.05) is 25.1 Å². The van der Waals surface area contributed by atoms with Crippen LogP contribution in [0.15, 0.2) is 42.5 Å². The monoisotopic (exact) mass is 262 g/mol. The Hall–Kier alpha value is -1.74. The minimum absolute atomic E-state index is 0.0278. The minimum atomic E-state index is -1.24. The summed E-state index contributed by atoms with van der Waals surface area (Å²) in [6.45, 7) is 3.52. The lowest BCUT2D eigenvalue weighted by Crippen LogP contribution is -2.25. The summed E-state index contributed by atoms with van der Waals surface area (Å²) in [7, 11) is 0. The highest BCUT2D eigenvalue weighted by Gasteiger charge is 2.25. The molecule has 1 nitrogen and oxygen atoms in total. The summed E-state index contributed by atoms with van der Waals surface area (Å²) in [6.07, 6.45) is 0.0278. The number of hydrogen-bond acceptors (Lipinski definition) is 1. The number of rotatable bonds is 3. The van der Waals surface area contributed by atoms with Gasteiger partial charge in [0.1, 0.15) is 11.6 Å². The fourth-order valence-corrected chi connectivity index (χ4v) is 2.13. The Labute approximate surface area is 111 Å². The molecule has 2 rings (SSSR count). The molecule has 3 heteroatoms. The van der Waals surface area contributed by atoms with E-state index in [4.69, 9.17) is 0 Å². The molecular weight excluding hydrogens is 246 g/mol. The molecule has 0 aliphatic heterocycles. The van der Waals surface area contributed by atoms with E-state index in [9.17, 15) is 13.9 Å². The molecule has 1 atom stereocenters. The summed E-state index contributed by atoms with van der Waals surface area (Å²) in [4.78, 5) is 0. The molecule has 0 amide bonds. The third-order valence-electron chi connectivity index (χ3n) is 3.18. The van der Waals surface area contributed by atoms with Crippen molar-refractivity contribution in [3.8, 4) is 0 Å². The van der Waals surface area contributed by atoms with Gasteiger partial charge in [0.25, 0.3) is 0 Å². The summed E-state index contributed by atoms with van der Waals surface area (Å²) >= 11 is 0. The van der Waals surface area contributed by atoms with Gasteiger partial charge in [0.05, 0.1) is 5.60 Å². The first-order chi connectivity index (χ1) is 8.88. The minimum Gasteiger partial charge on any atom is -0.385 e. The van der Waals surface area contributed by atoms with Crippen LogP contribution in [0.3, 0.4) is 0 Å². The average Bonchev–Trinajstić information content (AvgIpc) is 2.33. The molecular formula is C16H16F2O. The Morgan fingerprint density at radius 1 is 1.11 bits per heavy atom. The highest BCUT2D eigenvalue weighted by molar-refractivity contribution is 5.30. The van der Waals surface area contributed by atoms with Gasteiger partial charge in [0.2, 0.25) is 0 Å². The molecule has 0 aliphatic rings. The molecule has 19 heavy (non-hydrogen) atoms. The van der Waals surface area contributed by atoms with Gasteiger partial charge in [0.15, 0.2) is 0 Å². The Morgan fingerprint density at radius 2 is 1.84 bits per heavy atom. The molecule has 0 saturated carbocycles. The molecule has 100 valence electrons. The summed E-state index contributed by atoms with van der Waals surface area (Å²) in [6, 6.07) is 10.7. The number of halogens is 2. The van der Waals surface area contributed by atoms with Crippen molar-refractivity contribution < 1.29 is 13.9 Å². The van der Waals surface area contributed by atoms with Crippen molar-refractivity contribution in [3.63, 3.8) is 0 Å². The molecule has 0 fully saturated rings. The van der Waals surface area contributed by atoms with Crippen LogP contribution in [0.1, 0.15) is 23.6 Å². The van der Waals surface area contributed by atoms with Crippen molar-refractivity contribution in [2.75, 3.05) is 0 Å². The van der Waals surface area contributed by atoms with Crippen LogP contribution in [0.25, 0.3) is 0 Å². The first-order valence-electron chi connectivity index (χ1n) is 6.12. The van der Waals surface area contributed by atoms with Crippen molar-refractivity contribution in [2.45, 2.75) is 25.9 Å². The van der Waals surface area contributed by atoms with Crippen LogP contribution in [0, 0.1) is 18.6 Å². The van der Waals surface area contributed by atoms with Crippen LogP contribution in [0.5, 0.6) is 0 Å². The van der Waals surface area contributed by atoms with Crippen molar-refractivity contribution in [1.82, 2.24) is 0 Å². The van der Waals surface area contributed by atoms with E-state index in [0.717, 1.165) is 23.8 Å². The Kier molecular flexibility index (Phi) is 3.67. The highest BCUT2D eigenvalue weighted by atomic mass is 19.1. The van der Waals surface area contributed by atoms with Gasteiger partial charge in [-0.25, -0.2) is 8.78 Å². The fraction of sp³-hybridized carbons (Fsp3) is 0.250. The molecule has 0 aliphatic carbocycles. The Morgan fingerprint density at radius 3 is 2.53 bits per heavy atom. The Balaban J connectivity index is 2.33. The van der Waals surface area contributed by atoms with E-state index in [2.05, 4.69) is 0 Å². The van der Waals surface area contributed by atoms with Crippen molar-refractivity contribution in [3.05, 3.63) is 70.8 Å². The highest BCUT2D eigenvalue weighted by Crippen LogP contribution is 2.27. The summed E-state index contributed by atoms with van der Waals surface area (Å²) in [5, 5.41) is 10.5. The van der Waals surface area contributed by atoms with E-state index in [0.29, 0.717) is 5.56 Å². The number of hydrogen-bond donors (Lipinski definition) is 1. The maximum absolute atomic E-state index is 13.6. The predicted octanol–water partition coefficient (Wildman–Crippen LogP) is 3.72. The summed E-state index contributed by atoms with van der Waals surface area (Å²) in [5.74, 6) is -1.01. The zero-order valence-corrected chi connectivity index (χ0v) is 11.0. The second kappa shape index (κ2) is 5.10. The van der Waals surface area contributed by atoms with E-state index in [1.165, 1.54) is 0 Å². The molecule has 2 aromatic rings. The third kappa shape index (κ3) is 3.18. The molecule has 0 saturated heterocycles. The van der Waals surface area contributed by atoms with Crippen LogP contribution >= 0.6 is 0 Å². The summed E-state index contributed by atoms with van der Waals surface area (Å²) < 4.78 is 26.8. The van der Waals surface area contributed by atoms with Gasteiger partial charge >= 0.3 is 0 Å². The normalized spacial score (nSPS) is 14.2. The van der Waals surface area contributed by atoms with Gasteiger partial charge in [-0.15, -0.1) is 0 Å². The molecule has 1 unspecified atom stereocenters. The second-order valence-electron chi connectivity index (χ2n) is 5.06. The molecule has 0 bridgehead atoms. The predicted molar refractivity (Wildman–Crippen MR) is 70.8 cm³/mol. The van der Waals surface area contributed by atoms with Gasteiger partial charge < -0.3 is 5.11 Å². The maximum Gasteiger partial charge on any atom is 0.126 e. The first kappa shape index (κ1) is 13.7. The van der Waals surface area contributed by atoms with Gasteiger partial charge in [-0.05, 0) is 43.2 Å². The van der Waals surface area contributed by atoms with Crippen LogP contribution in [0.2, 0.25) is 0 Å². The zero-order valence-electron chi connectivity index (χ0n) is 11.0. The Bertz CT molecular complexity index is 591. The van der Waals surface area contributed by atoms with E-state index in [1.54, 1.807) is 13.0 Å². The molecule has 2 aromatic carbocycles. The first-order valence-corrected chi connectivity index (χ1v) is 6.12. The average molecular weight is 262 g/mol. The van der Waals surface area contributed by atoms with Gasteiger partial charge in [-0.3, -0.25) is 0 Å².